The molecule has 2 nitrogen and oxygen atoms in total. The van der Waals surface area contributed by atoms with Crippen LogP contribution in [0.15, 0.2) is 0 Å². The molecule has 0 amide bonds. The van der Waals surface area contributed by atoms with Crippen molar-refractivity contribution in [1.29, 1.82) is 0 Å². The lowest BCUT2D eigenvalue weighted by atomic mass is 10.4. The second-order valence-electron chi connectivity index (χ2n) is 2.32. The molecule has 1 atom stereocenters. The van der Waals surface area contributed by atoms with Crippen molar-refractivity contribution in [2.24, 2.45) is 0 Å². The second kappa shape index (κ2) is 5.36. The summed E-state index contributed by atoms with van der Waals surface area (Å²) in [5.41, 5.74) is 0. The molecule has 0 N–H and O–H groups in total. The van der Waals surface area contributed by atoms with Crippen LogP contribution in [0, 0.1) is 0 Å². The largest absolute Gasteiger partial charge is 0.379 e. The Kier molecular flexibility index (Phi) is 4.72. The first-order chi connectivity index (χ1) is 4.93. The highest BCUT2D eigenvalue weighted by Gasteiger charge is 2.08. The smallest absolute Gasteiger partial charge is 0.0594 e. The summed E-state index contributed by atoms with van der Waals surface area (Å²) in [6, 6.07) is 0. The molecule has 1 saturated heterocycles. The Hall–Kier alpha value is 0.700. The summed E-state index contributed by atoms with van der Waals surface area (Å²) in [6.45, 7) is 5.27. The van der Waals surface area contributed by atoms with Gasteiger partial charge in [0, 0.05) is 25.4 Å². The standard InChI is InChI=1S/C6H14NOPS/c9-10-6-3-7-1-4-8-5-2-7/h1-6,9H2. The van der Waals surface area contributed by atoms with Crippen LogP contribution in [0.1, 0.15) is 0 Å². The van der Waals surface area contributed by atoms with Crippen molar-refractivity contribution in [3.05, 3.63) is 0 Å². The van der Waals surface area contributed by atoms with Crippen molar-refractivity contribution in [2.75, 3.05) is 38.6 Å². The molecular formula is C6H14NOPS. The van der Waals surface area contributed by atoms with E-state index in [4.69, 9.17) is 4.74 Å². The summed E-state index contributed by atoms with van der Waals surface area (Å²) in [7, 11) is 2.68. The maximum atomic E-state index is 5.23. The van der Waals surface area contributed by atoms with Crippen LogP contribution in [0.25, 0.3) is 0 Å². The highest BCUT2D eigenvalue weighted by Crippen LogP contribution is 2.10. The van der Waals surface area contributed by atoms with E-state index in [1.54, 1.807) is 0 Å². The van der Waals surface area contributed by atoms with Crippen LogP contribution in [0.5, 0.6) is 0 Å². The monoisotopic (exact) mass is 179 g/mol. The van der Waals surface area contributed by atoms with Crippen LogP contribution in [0.2, 0.25) is 0 Å². The fraction of sp³-hybridized carbons (Fsp3) is 1.00. The van der Waals surface area contributed by atoms with E-state index in [1.807, 2.05) is 11.4 Å². The summed E-state index contributed by atoms with van der Waals surface area (Å²) in [5, 5.41) is 0. The maximum Gasteiger partial charge on any atom is 0.0594 e. The number of nitrogens with zero attached hydrogens (tertiary/aromatic N) is 1. The zero-order valence-electron chi connectivity index (χ0n) is 6.08. The first-order valence-corrected chi connectivity index (χ1v) is 6.01. The molecule has 10 heavy (non-hydrogen) atoms. The molecule has 1 fully saturated rings. The van der Waals surface area contributed by atoms with Crippen LogP contribution in [0.3, 0.4) is 0 Å². The van der Waals surface area contributed by atoms with Crippen molar-refractivity contribution in [1.82, 2.24) is 4.90 Å². The maximum absolute atomic E-state index is 5.23. The Labute approximate surface area is 68.6 Å². The minimum atomic E-state index is 0.918. The van der Waals surface area contributed by atoms with E-state index in [0.29, 0.717) is 0 Å². The average Bonchev–Trinajstić information content (AvgIpc) is 2.03. The van der Waals surface area contributed by atoms with Gasteiger partial charge in [-0.25, -0.2) is 0 Å². The van der Waals surface area contributed by atoms with E-state index in [1.165, 1.54) is 12.3 Å². The number of rotatable bonds is 3. The molecule has 0 radical (unpaired) electrons. The quantitative estimate of drug-likeness (QED) is 0.596. The minimum absolute atomic E-state index is 0.918. The zero-order valence-corrected chi connectivity index (χ0v) is 8.05. The normalized spacial score (nSPS) is 21.3. The molecule has 4 heteroatoms. The summed E-state index contributed by atoms with van der Waals surface area (Å²) in [5.74, 6) is 1.21. The van der Waals surface area contributed by atoms with Crippen molar-refractivity contribution in [2.45, 2.75) is 0 Å². The predicted molar refractivity (Wildman–Crippen MR) is 49.4 cm³/mol. The fourth-order valence-electron chi connectivity index (χ4n) is 1.01. The predicted octanol–water partition coefficient (Wildman–Crippen LogP) is 0.842. The molecule has 1 aliphatic rings. The lowest BCUT2D eigenvalue weighted by Gasteiger charge is -2.25. The molecule has 60 valence electrons. The summed E-state index contributed by atoms with van der Waals surface area (Å²) >= 11 is 1.83. The molecule has 1 rings (SSSR count). The number of hydrogen-bond acceptors (Lipinski definition) is 3. The molecule has 1 heterocycles. The molecule has 1 aliphatic heterocycles. The lowest BCUT2D eigenvalue weighted by molar-refractivity contribution is 0.0410. The van der Waals surface area contributed by atoms with Crippen molar-refractivity contribution < 1.29 is 4.74 Å². The van der Waals surface area contributed by atoms with E-state index in [2.05, 4.69) is 13.3 Å². The Morgan fingerprint density at radius 2 is 2.10 bits per heavy atom. The lowest BCUT2D eigenvalue weighted by Crippen LogP contribution is -2.37. The first kappa shape index (κ1) is 8.79. The third kappa shape index (κ3) is 3.20. The second-order valence-corrected chi connectivity index (χ2v) is 4.07. The van der Waals surface area contributed by atoms with Gasteiger partial charge in [0.2, 0.25) is 0 Å². The van der Waals surface area contributed by atoms with Gasteiger partial charge >= 0.3 is 0 Å². The molecule has 0 aromatic rings. The Balaban J connectivity index is 2.02. The molecule has 0 aromatic carbocycles. The Bertz CT molecular complexity index is 87.8. The molecule has 0 saturated carbocycles. The molecule has 0 aliphatic carbocycles. The van der Waals surface area contributed by atoms with E-state index in [-0.39, 0.29) is 0 Å². The van der Waals surface area contributed by atoms with Crippen LogP contribution >= 0.6 is 19.8 Å². The summed E-state index contributed by atoms with van der Waals surface area (Å²) < 4.78 is 5.23. The molecular weight excluding hydrogens is 165 g/mol. The van der Waals surface area contributed by atoms with Gasteiger partial charge in [0.05, 0.1) is 13.2 Å². The van der Waals surface area contributed by atoms with Gasteiger partial charge in [0.1, 0.15) is 0 Å². The van der Waals surface area contributed by atoms with E-state index >= 15 is 0 Å². The van der Waals surface area contributed by atoms with Crippen LogP contribution < -0.4 is 0 Å². The van der Waals surface area contributed by atoms with Gasteiger partial charge in [-0.1, -0.05) is 8.44 Å². The van der Waals surface area contributed by atoms with Gasteiger partial charge in [-0.05, 0) is 0 Å². The van der Waals surface area contributed by atoms with E-state index < -0.39 is 0 Å². The Morgan fingerprint density at radius 1 is 1.40 bits per heavy atom. The van der Waals surface area contributed by atoms with Gasteiger partial charge in [0.15, 0.2) is 0 Å². The molecule has 1 unspecified atom stereocenters. The number of morpholine rings is 1. The zero-order chi connectivity index (χ0) is 7.23. The van der Waals surface area contributed by atoms with Crippen LogP contribution in [0.4, 0.5) is 0 Å². The number of ether oxygens (including phenoxy) is 1. The topological polar surface area (TPSA) is 12.5 Å². The number of hydrogen-bond donors (Lipinski definition) is 0. The molecule has 0 spiro atoms. The van der Waals surface area contributed by atoms with Crippen LogP contribution in [-0.2, 0) is 4.74 Å². The van der Waals surface area contributed by atoms with Crippen molar-refractivity contribution in [3.8, 4) is 0 Å². The van der Waals surface area contributed by atoms with Gasteiger partial charge in [-0.2, -0.15) is 0 Å². The van der Waals surface area contributed by atoms with E-state index in [9.17, 15) is 0 Å². The SMILES string of the molecule is PSCCN1CCOCC1. The third-order valence-corrected chi connectivity index (χ3v) is 2.75. The fourth-order valence-corrected chi connectivity index (χ4v) is 1.69. The van der Waals surface area contributed by atoms with Crippen LogP contribution in [-0.4, -0.2) is 43.5 Å². The van der Waals surface area contributed by atoms with Gasteiger partial charge in [-0.3, -0.25) is 4.90 Å². The highest BCUT2D eigenvalue weighted by molar-refractivity contribution is 8.43. The van der Waals surface area contributed by atoms with Crippen molar-refractivity contribution in [3.63, 3.8) is 0 Å². The Morgan fingerprint density at radius 3 is 2.70 bits per heavy atom. The summed E-state index contributed by atoms with van der Waals surface area (Å²) in [4.78, 5) is 2.45. The third-order valence-electron chi connectivity index (χ3n) is 1.63. The minimum Gasteiger partial charge on any atom is -0.379 e. The van der Waals surface area contributed by atoms with E-state index in [0.717, 1.165) is 26.3 Å². The van der Waals surface area contributed by atoms with Gasteiger partial charge in [0.25, 0.3) is 0 Å². The highest BCUT2D eigenvalue weighted by atomic mass is 32.7. The van der Waals surface area contributed by atoms with Crippen molar-refractivity contribution >= 4 is 19.8 Å². The first-order valence-electron chi connectivity index (χ1n) is 3.55. The summed E-state index contributed by atoms with van der Waals surface area (Å²) in [6.07, 6.45) is 0. The van der Waals surface area contributed by atoms with Gasteiger partial charge < -0.3 is 4.74 Å². The molecule has 0 bridgehead atoms. The molecule has 0 aromatic heterocycles. The average molecular weight is 179 g/mol. The van der Waals surface area contributed by atoms with Gasteiger partial charge in [-0.15, -0.1) is 11.4 Å².